The molecule has 1 saturated heterocycles. The molecule has 0 unspecified atom stereocenters. The second-order valence-electron chi connectivity index (χ2n) is 7.31. The van der Waals surface area contributed by atoms with Crippen LogP contribution >= 0.6 is 23.6 Å². The number of benzene rings is 1. The summed E-state index contributed by atoms with van der Waals surface area (Å²) in [7, 11) is 0. The number of piperazine rings is 1. The molecule has 0 atom stereocenters. The molecular weight excluding hydrogens is 445 g/mol. The van der Waals surface area contributed by atoms with Gasteiger partial charge in [0.2, 0.25) is 5.13 Å². The van der Waals surface area contributed by atoms with E-state index in [1.165, 1.54) is 23.0 Å². The smallest absolute Gasteiger partial charge is 0.354 e. The number of hydrogen-bond donors (Lipinski definition) is 1. The highest BCUT2D eigenvalue weighted by molar-refractivity contribution is 7.73. The molecule has 1 aliphatic rings. The van der Waals surface area contributed by atoms with Gasteiger partial charge in [0.1, 0.15) is 5.82 Å². The Balaban J connectivity index is 1.33. The van der Waals surface area contributed by atoms with Gasteiger partial charge in [-0.05, 0) is 43.4 Å². The summed E-state index contributed by atoms with van der Waals surface area (Å²) in [5.74, 6) is 0.558. The Hall–Kier alpha value is -2.50. The predicted octanol–water partition coefficient (Wildman–Crippen LogP) is 4.92. The van der Waals surface area contributed by atoms with Crippen LogP contribution < -0.4 is 10.2 Å². The SMILES string of the molecule is Cc1ccc(Nc2nn(CN3CCN(c4ccc(C(F)(F)F)cn4)CC3)c(=S)s2)cc1. The van der Waals surface area contributed by atoms with Gasteiger partial charge in [-0.15, -0.1) is 5.10 Å². The van der Waals surface area contributed by atoms with Crippen molar-refractivity contribution in [3.63, 3.8) is 0 Å². The second kappa shape index (κ2) is 8.93. The molecule has 164 valence electrons. The normalized spacial score (nSPS) is 15.3. The van der Waals surface area contributed by atoms with Gasteiger partial charge in [0, 0.05) is 38.1 Å². The minimum atomic E-state index is -4.37. The van der Waals surface area contributed by atoms with Crippen molar-refractivity contribution in [2.45, 2.75) is 19.8 Å². The highest BCUT2D eigenvalue weighted by Gasteiger charge is 2.31. The lowest BCUT2D eigenvalue weighted by molar-refractivity contribution is -0.137. The average molecular weight is 467 g/mol. The summed E-state index contributed by atoms with van der Waals surface area (Å²) in [6, 6.07) is 10.6. The molecule has 0 saturated carbocycles. The average Bonchev–Trinajstić information content (AvgIpc) is 3.08. The Kier molecular flexibility index (Phi) is 6.26. The monoisotopic (exact) mass is 466 g/mol. The lowest BCUT2D eigenvalue weighted by Gasteiger charge is -2.35. The Morgan fingerprint density at radius 3 is 2.39 bits per heavy atom. The van der Waals surface area contributed by atoms with Crippen molar-refractivity contribution in [3.05, 3.63) is 57.7 Å². The molecule has 1 aromatic carbocycles. The van der Waals surface area contributed by atoms with Crippen molar-refractivity contribution in [1.82, 2.24) is 19.7 Å². The summed E-state index contributed by atoms with van der Waals surface area (Å²) in [5.41, 5.74) is 1.41. The summed E-state index contributed by atoms with van der Waals surface area (Å²) in [4.78, 5) is 8.19. The highest BCUT2D eigenvalue weighted by atomic mass is 32.1. The number of rotatable bonds is 5. The number of nitrogens with zero attached hydrogens (tertiary/aromatic N) is 5. The first-order valence-corrected chi connectivity index (χ1v) is 10.9. The number of halogens is 3. The summed E-state index contributed by atoms with van der Waals surface area (Å²) < 4.78 is 40.6. The molecule has 0 aliphatic carbocycles. The molecule has 3 aromatic rings. The third-order valence-electron chi connectivity index (χ3n) is 5.01. The van der Waals surface area contributed by atoms with E-state index in [2.05, 4.69) is 20.3 Å². The number of hydrogen-bond acceptors (Lipinski definition) is 7. The van der Waals surface area contributed by atoms with Crippen molar-refractivity contribution in [2.75, 3.05) is 36.4 Å². The third-order valence-corrected chi connectivity index (χ3v) is 6.24. The number of alkyl halides is 3. The number of nitrogens with one attached hydrogen (secondary N) is 1. The van der Waals surface area contributed by atoms with E-state index >= 15 is 0 Å². The number of aromatic nitrogens is 3. The van der Waals surface area contributed by atoms with Crippen molar-refractivity contribution < 1.29 is 13.2 Å². The standard InChI is InChI=1S/C20H21F3N6S2/c1-14-2-5-16(6-3-14)25-18-26-29(19(30)31-18)13-27-8-10-28(11-9-27)17-7-4-15(12-24-17)20(21,22)23/h2-7,12H,8-11,13H2,1H3,(H,25,26). The fraction of sp³-hybridized carbons (Fsp3) is 0.350. The van der Waals surface area contributed by atoms with Crippen LogP contribution in [0.15, 0.2) is 42.6 Å². The summed E-state index contributed by atoms with van der Waals surface area (Å²) in [5, 5.41) is 8.59. The number of anilines is 3. The number of aryl methyl sites for hydroxylation is 1. The van der Waals surface area contributed by atoms with Gasteiger partial charge in [-0.1, -0.05) is 29.0 Å². The molecule has 0 bridgehead atoms. The second-order valence-corrected chi connectivity index (χ2v) is 8.94. The summed E-state index contributed by atoms with van der Waals surface area (Å²) in [6.45, 7) is 5.43. The van der Waals surface area contributed by atoms with Crippen LogP contribution in [0, 0.1) is 10.9 Å². The first-order valence-electron chi connectivity index (χ1n) is 9.70. The molecule has 2 aromatic heterocycles. The molecule has 11 heteroatoms. The van der Waals surface area contributed by atoms with Crippen LogP contribution in [0.2, 0.25) is 0 Å². The molecule has 4 rings (SSSR count). The van der Waals surface area contributed by atoms with Gasteiger partial charge in [-0.25, -0.2) is 9.67 Å². The number of pyridine rings is 1. The first kappa shape index (κ1) is 21.7. The van der Waals surface area contributed by atoms with Crippen molar-refractivity contribution >= 4 is 40.2 Å². The van der Waals surface area contributed by atoms with E-state index in [1.807, 2.05) is 36.1 Å². The first-order chi connectivity index (χ1) is 14.8. The van der Waals surface area contributed by atoms with E-state index in [1.54, 1.807) is 4.68 Å². The minimum absolute atomic E-state index is 0.558. The summed E-state index contributed by atoms with van der Waals surface area (Å²) in [6.07, 6.45) is -3.48. The van der Waals surface area contributed by atoms with Gasteiger partial charge in [-0.2, -0.15) is 13.2 Å². The zero-order valence-corrected chi connectivity index (χ0v) is 18.4. The lowest BCUT2D eigenvalue weighted by atomic mass is 10.2. The van der Waals surface area contributed by atoms with E-state index in [0.717, 1.165) is 36.2 Å². The van der Waals surface area contributed by atoms with Crippen molar-refractivity contribution in [1.29, 1.82) is 0 Å². The molecule has 31 heavy (non-hydrogen) atoms. The zero-order chi connectivity index (χ0) is 22.0. The van der Waals surface area contributed by atoms with Crippen LogP contribution in [0.25, 0.3) is 0 Å². The highest BCUT2D eigenvalue weighted by Crippen LogP contribution is 2.29. The van der Waals surface area contributed by atoms with E-state index in [0.29, 0.717) is 29.5 Å². The van der Waals surface area contributed by atoms with Crippen molar-refractivity contribution in [3.8, 4) is 0 Å². The molecule has 1 fully saturated rings. The van der Waals surface area contributed by atoms with E-state index in [4.69, 9.17) is 12.2 Å². The van der Waals surface area contributed by atoms with Crippen molar-refractivity contribution in [2.24, 2.45) is 0 Å². The Bertz CT molecular complexity index is 1070. The topological polar surface area (TPSA) is 49.2 Å². The molecule has 1 N–H and O–H groups in total. The molecule has 0 spiro atoms. The van der Waals surface area contributed by atoms with Gasteiger partial charge in [-0.3, -0.25) is 4.90 Å². The molecule has 1 aliphatic heterocycles. The Labute approximate surface area is 186 Å². The maximum Gasteiger partial charge on any atom is 0.417 e. The molecule has 3 heterocycles. The predicted molar refractivity (Wildman–Crippen MR) is 118 cm³/mol. The maximum atomic E-state index is 12.7. The fourth-order valence-electron chi connectivity index (χ4n) is 3.26. The molecular formula is C20H21F3N6S2. The summed E-state index contributed by atoms with van der Waals surface area (Å²) >= 11 is 6.88. The Morgan fingerprint density at radius 1 is 1.06 bits per heavy atom. The molecule has 0 amide bonds. The maximum absolute atomic E-state index is 12.7. The van der Waals surface area contributed by atoms with Gasteiger partial charge in [0.25, 0.3) is 0 Å². The van der Waals surface area contributed by atoms with E-state index < -0.39 is 11.7 Å². The minimum Gasteiger partial charge on any atom is -0.354 e. The van der Waals surface area contributed by atoms with Gasteiger partial charge < -0.3 is 10.2 Å². The van der Waals surface area contributed by atoms with Gasteiger partial charge in [0.15, 0.2) is 3.95 Å². The van der Waals surface area contributed by atoms with Crippen LogP contribution in [0.5, 0.6) is 0 Å². The van der Waals surface area contributed by atoms with Crippen LogP contribution in [-0.4, -0.2) is 45.8 Å². The third kappa shape index (κ3) is 5.41. The van der Waals surface area contributed by atoms with Crippen LogP contribution in [0.4, 0.5) is 29.8 Å². The zero-order valence-electron chi connectivity index (χ0n) is 16.8. The lowest BCUT2D eigenvalue weighted by Crippen LogP contribution is -2.47. The van der Waals surface area contributed by atoms with Crippen LogP contribution in [-0.2, 0) is 12.8 Å². The Morgan fingerprint density at radius 2 is 1.77 bits per heavy atom. The van der Waals surface area contributed by atoms with Gasteiger partial charge in [0.05, 0.1) is 12.2 Å². The van der Waals surface area contributed by atoms with E-state index in [-0.39, 0.29) is 0 Å². The molecule has 0 radical (unpaired) electrons. The van der Waals surface area contributed by atoms with E-state index in [9.17, 15) is 13.2 Å². The van der Waals surface area contributed by atoms with Gasteiger partial charge >= 0.3 is 6.18 Å². The fourth-order valence-corrected chi connectivity index (χ4v) is 4.27. The molecule has 6 nitrogen and oxygen atoms in total. The quantitative estimate of drug-likeness (QED) is 0.539. The largest absolute Gasteiger partial charge is 0.417 e. The van der Waals surface area contributed by atoms with Crippen LogP contribution in [0.3, 0.4) is 0 Å². The van der Waals surface area contributed by atoms with Crippen LogP contribution in [0.1, 0.15) is 11.1 Å².